The van der Waals surface area contributed by atoms with Crippen molar-refractivity contribution in [3.8, 4) is 11.1 Å². The van der Waals surface area contributed by atoms with Crippen molar-refractivity contribution in [1.82, 2.24) is 14.8 Å². The molecule has 0 saturated carbocycles. The van der Waals surface area contributed by atoms with Gasteiger partial charge in [-0.05, 0) is 44.2 Å². The van der Waals surface area contributed by atoms with E-state index in [-0.39, 0.29) is 0 Å². The molecule has 10 heteroatoms. The Morgan fingerprint density at radius 1 is 1.32 bits per heavy atom. The van der Waals surface area contributed by atoms with Crippen LogP contribution in [0, 0.1) is 12.7 Å². The highest BCUT2D eigenvalue weighted by molar-refractivity contribution is 7.91. The Bertz CT molecular complexity index is 1280. The van der Waals surface area contributed by atoms with Crippen molar-refractivity contribution in [2.45, 2.75) is 44.7 Å². The molecule has 1 aliphatic carbocycles. The van der Waals surface area contributed by atoms with E-state index in [9.17, 15) is 13.4 Å². The number of rotatable bonds is 4. The fourth-order valence-corrected chi connectivity index (χ4v) is 4.77. The normalized spacial score (nSPS) is 14.7. The first-order valence-corrected chi connectivity index (χ1v) is 11.5. The van der Waals surface area contributed by atoms with E-state index >= 15 is 0 Å². The molecular weight excluding hydrogens is 419 g/mol. The number of halogens is 1. The highest BCUT2D eigenvalue weighted by atomic mass is 32.2. The number of aryl methyl sites for hydroxylation is 3. The van der Waals surface area contributed by atoms with Gasteiger partial charge in [0.25, 0.3) is 0 Å². The number of nitrogens with one attached hydrogen (secondary N) is 1. The Balaban J connectivity index is 1.77. The molecule has 0 radical (unpaired) electrons. The molecule has 1 aliphatic rings. The van der Waals surface area contributed by atoms with Crippen LogP contribution in [0.5, 0.6) is 0 Å². The summed E-state index contributed by atoms with van der Waals surface area (Å²) in [6.45, 7) is 3.99. The van der Waals surface area contributed by atoms with Gasteiger partial charge in [0.1, 0.15) is 0 Å². The standard InChI is InChI=1S/C21H23FN6O2S/c1-3-28-12-16(22)20(26-28)31(23,30)27-21(29)25-19-15-10-7-11-17(15)24-13(2)18(19)14-8-5-4-6-9-14/h4-6,8-9,12H,3,7,10-11H2,1-2H3,(H3,23,24,25,27,29,30)/t31-/m1/s1. The fourth-order valence-electron chi connectivity index (χ4n) is 3.84. The molecular formula is C21H23FN6O2S. The van der Waals surface area contributed by atoms with E-state index in [0.29, 0.717) is 12.2 Å². The summed E-state index contributed by atoms with van der Waals surface area (Å²) < 4.78 is 31.8. The van der Waals surface area contributed by atoms with E-state index in [0.717, 1.165) is 53.5 Å². The van der Waals surface area contributed by atoms with Gasteiger partial charge in [-0.1, -0.05) is 30.3 Å². The van der Waals surface area contributed by atoms with Gasteiger partial charge in [0.05, 0.1) is 11.9 Å². The number of anilines is 1. The van der Waals surface area contributed by atoms with Crippen LogP contribution in [0.3, 0.4) is 0 Å². The lowest BCUT2D eigenvalue weighted by molar-refractivity contribution is 0.260. The summed E-state index contributed by atoms with van der Waals surface area (Å²) in [6, 6.07) is 8.64. The first kappa shape index (κ1) is 21.1. The van der Waals surface area contributed by atoms with E-state index in [2.05, 4.69) is 14.8 Å². The van der Waals surface area contributed by atoms with Crippen molar-refractivity contribution in [2.24, 2.45) is 9.50 Å². The molecule has 3 N–H and O–H groups in total. The van der Waals surface area contributed by atoms with Gasteiger partial charge >= 0.3 is 6.03 Å². The van der Waals surface area contributed by atoms with Crippen molar-refractivity contribution in [3.63, 3.8) is 0 Å². The van der Waals surface area contributed by atoms with E-state index in [1.807, 2.05) is 37.3 Å². The third kappa shape index (κ3) is 4.08. The Morgan fingerprint density at radius 3 is 2.74 bits per heavy atom. The van der Waals surface area contributed by atoms with Crippen molar-refractivity contribution in [1.29, 1.82) is 0 Å². The number of fused-ring (bicyclic) bond motifs is 1. The van der Waals surface area contributed by atoms with Crippen LogP contribution < -0.4 is 10.5 Å². The Labute approximate surface area is 180 Å². The summed E-state index contributed by atoms with van der Waals surface area (Å²) in [6.07, 6.45) is 3.57. The predicted octanol–water partition coefficient (Wildman–Crippen LogP) is 3.83. The molecule has 2 amide bonds. The maximum atomic E-state index is 14.1. The Kier molecular flexibility index (Phi) is 5.59. The number of pyridine rings is 1. The van der Waals surface area contributed by atoms with Crippen molar-refractivity contribution in [2.75, 3.05) is 5.32 Å². The smallest absolute Gasteiger partial charge is 0.304 e. The van der Waals surface area contributed by atoms with Gasteiger partial charge in [0, 0.05) is 23.5 Å². The number of hydrogen-bond acceptors (Lipinski definition) is 4. The van der Waals surface area contributed by atoms with Crippen LogP contribution >= 0.6 is 0 Å². The number of aromatic nitrogens is 3. The summed E-state index contributed by atoms with van der Waals surface area (Å²) >= 11 is 0. The molecule has 4 rings (SSSR count). The average Bonchev–Trinajstić information content (AvgIpc) is 3.34. The van der Waals surface area contributed by atoms with E-state index < -0.39 is 26.8 Å². The molecule has 8 nitrogen and oxygen atoms in total. The second-order valence-electron chi connectivity index (χ2n) is 7.32. The molecule has 31 heavy (non-hydrogen) atoms. The van der Waals surface area contributed by atoms with Crippen molar-refractivity contribution in [3.05, 3.63) is 59.3 Å². The second-order valence-corrected chi connectivity index (χ2v) is 9.03. The molecule has 1 aromatic carbocycles. The number of amides is 2. The van der Waals surface area contributed by atoms with Crippen molar-refractivity contribution >= 4 is 21.6 Å². The summed E-state index contributed by atoms with van der Waals surface area (Å²) in [4.78, 5) is 17.5. The number of urea groups is 1. The molecule has 0 unspecified atom stereocenters. The van der Waals surface area contributed by atoms with Crippen LogP contribution in [-0.2, 0) is 29.3 Å². The Hall–Kier alpha value is -3.11. The lowest BCUT2D eigenvalue weighted by Gasteiger charge is -2.17. The highest BCUT2D eigenvalue weighted by Gasteiger charge is 2.25. The van der Waals surface area contributed by atoms with Gasteiger partial charge in [-0.25, -0.2) is 18.5 Å². The molecule has 162 valence electrons. The van der Waals surface area contributed by atoms with Crippen LogP contribution in [0.2, 0.25) is 0 Å². The van der Waals surface area contributed by atoms with Crippen molar-refractivity contribution < 1.29 is 13.4 Å². The molecule has 0 spiro atoms. The average molecular weight is 443 g/mol. The molecule has 3 aromatic rings. The lowest BCUT2D eigenvalue weighted by atomic mass is 9.98. The zero-order valence-electron chi connectivity index (χ0n) is 17.3. The maximum absolute atomic E-state index is 14.1. The minimum Gasteiger partial charge on any atom is -0.304 e. The predicted molar refractivity (Wildman–Crippen MR) is 116 cm³/mol. The van der Waals surface area contributed by atoms with Gasteiger partial charge in [0.15, 0.2) is 15.7 Å². The third-order valence-electron chi connectivity index (χ3n) is 5.20. The summed E-state index contributed by atoms with van der Waals surface area (Å²) in [5.74, 6) is -0.864. The molecule has 0 fully saturated rings. The molecule has 0 aliphatic heterocycles. The monoisotopic (exact) mass is 442 g/mol. The number of carbonyl (C=O) groups excluding carboxylic acids is 1. The van der Waals surface area contributed by atoms with Crippen LogP contribution in [0.15, 0.2) is 45.9 Å². The zero-order valence-corrected chi connectivity index (χ0v) is 18.1. The molecule has 0 saturated heterocycles. The van der Waals surface area contributed by atoms with Crippen LogP contribution in [0.1, 0.15) is 30.3 Å². The minimum atomic E-state index is -3.86. The topological polar surface area (TPSA) is 115 Å². The first-order chi connectivity index (χ1) is 14.8. The van der Waals surface area contributed by atoms with Gasteiger partial charge < -0.3 is 5.32 Å². The zero-order chi connectivity index (χ0) is 22.2. The van der Waals surface area contributed by atoms with E-state index in [1.165, 1.54) is 4.68 Å². The molecule has 0 bridgehead atoms. The third-order valence-corrected chi connectivity index (χ3v) is 6.47. The van der Waals surface area contributed by atoms with E-state index in [1.54, 1.807) is 6.92 Å². The first-order valence-electron chi connectivity index (χ1n) is 9.96. The summed E-state index contributed by atoms with van der Waals surface area (Å²) in [7, 11) is -3.86. The fraction of sp³-hybridized carbons (Fsp3) is 0.286. The summed E-state index contributed by atoms with van der Waals surface area (Å²) in [5.41, 5.74) is 4.86. The van der Waals surface area contributed by atoms with E-state index in [4.69, 9.17) is 10.1 Å². The van der Waals surface area contributed by atoms with Gasteiger partial charge in [-0.2, -0.15) is 5.10 Å². The van der Waals surface area contributed by atoms with Gasteiger partial charge in [-0.3, -0.25) is 9.67 Å². The highest BCUT2D eigenvalue weighted by Crippen LogP contribution is 2.38. The van der Waals surface area contributed by atoms with Crippen LogP contribution in [-0.4, -0.2) is 25.0 Å². The van der Waals surface area contributed by atoms with Gasteiger partial charge in [-0.15, -0.1) is 4.36 Å². The second kappa shape index (κ2) is 8.20. The summed E-state index contributed by atoms with van der Waals surface area (Å²) in [5, 5.41) is 11.8. The number of benzene rings is 1. The number of nitrogens with zero attached hydrogens (tertiary/aromatic N) is 4. The minimum absolute atomic E-state index is 0.363. The Morgan fingerprint density at radius 2 is 2.06 bits per heavy atom. The SMILES string of the molecule is CCn1cc(F)c([S@](N)(=O)=NC(=O)Nc2c3c(nc(C)c2-c2ccccc2)CCC3)n1. The van der Waals surface area contributed by atoms with Crippen LogP contribution in [0.25, 0.3) is 11.1 Å². The quantitative estimate of drug-likeness (QED) is 0.639. The molecule has 1 atom stereocenters. The number of nitrogens with two attached hydrogens (primary N) is 1. The number of carbonyl (C=O) groups is 1. The lowest BCUT2D eigenvalue weighted by Crippen LogP contribution is -2.20. The largest absolute Gasteiger partial charge is 0.354 e. The number of hydrogen-bond donors (Lipinski definition) is 2. The van der Waals surface area contributed by atoms with Gasteiger partial charge in [0.2, 0.25) is 5.03 Å². The van der Waals surface area contributed by atoms with Crippen LogP contribution in [0.4, 0.5) is 14.9 Å². The maximum Gasteiger partial charge on any atom is 0.354 e. The molecule has 2 heterocycles. The molecule has 2 aromatic heterocycles.